The number of carbonyl (C=O) groups excluding carboxylic acids is 1. The van der Waals surface area contributed by atoms with E-state index in [-0.39, 0.29) is 5.91 Å². The number of carbonyl (C=O) groups is 1. The number of rotatable bonds is 3. The molecule has 0 fully saturated rings. The van der Waals surface area contributed by atoms with Crippen LogP contribution in [0.1, 0.15) is 27.3 Å². The first kappa shape index (κ1) is 14.7. The van der Waals surface area contributed by atoms with Gasteiger partial charge in [0.1, 0.15) is 0 Å². The average molecular weight is 315 g/mol. The van der Waals surface area contributed by atoms with E-state index >= 15 is 0 Å². The highest BCUT2D eigenvalue weighted by molar-refractivity contribution is 7.15. The van der Waals surface area contributed by atoms with Crippen LogP contribution in [-0.2, 0) is 4.74 Å². The lowest BCUT2D eigenvalue weighted by Crippen LogP contribution is -2.13. The van der Waals surface area contributed by atoms with E-state index in [9.17, 15) is 4.79 Å². The van der Waals surface area contributed by atoms with E-state index in [1.165, 1.54) is 16.9 Å². The molecule has 2 aromatic rings. The molecule has 6 heteroatoms. The zero-order valence-electron chi connectivity index (χ0n) is 12.3. The largest absolute Gasteiger partial charge is 0.398 e. The molecule has 0 atom stereocenters. The Kier molecular flexibility index (Phi) is 4.22. The Labute approximate surface area is 132 Å². The van der Waals surface area contributed by atoms with Crippen molar-refractivity contribution in [3.8, 4) is 0 Å². The summed E-state index contributed by atoms with van der Waals surface area (Å²) in [6.45, 7) is 3.34. The lowest BCUT2D eigenvalue weighted by molar-refractivity contribution is 0.102. The normalized spacial score (nSPS) is 14.5. The summed E-state index contributed by atoms with van der Waals surface area (Å²) in [6, 6.07) is 7.00. The first-order chi connectivity index (χ1) is 10.6. The maximum absolute atomic E-state index is 12.3. The van der Waals surface area contributed by atoms with Crippen LogP contribution >= 0.6 is 11.3 Å². The molecule has 0 radical (unpaired) electrons. The van der Waals surface area contributed by atoms with Crippen molar-refractivity contribution >= 4 is 33.6 Å². The zero-order valence-corrected chi connectivity index (χ0v) is 13.1. The maximum atomic E-state index is 12.3. The summed E-state index contributed by atoms with van der Waals surface area (Å²) in [7, 11) is 0. The van der Waals surface area contributed by atoms with Gasteiger partial charge in [-0.2, -0.15) is 0 Å². The predicted molar refractivity (Wildman–Crippen MR) is 89.1 cm³/mol. The summed E-state index contributed by atoms with van der Waals surface area (Å²) in [5.41, 5.74) is 8.87. The van der Waals surface area contributed by atoms with Gasteiger partial charge in [-0.3, -0.25) is 10.1 Å². The van der Waals surface area contributed by atoms with Gasteiger partial charge in [0.2, 0.25) is 0 Å². The molecule has 0 bridgehead atoms. The third-order valence-corrected chi connectivity index (χ3v) is 4.38. The summed E-state index contributed by atoms with van der Waals surface area (Å²) < 4.78 is 5.32. The lowest BCUT2D eigenvalue weighted by Gasteiger charge is -2.11. The van der Waals surface area contributed by atoms with Crippen LogP contribution in [0.15, 0.2) is 30.3 Å². The lowest BCUT2D eigenvalue weighted by atomic mass is 10.1. The van der Waals surface area contributed by atoms with Gasteiger partial charge in [0, 0.05) is 10.6 Å². The molecule has 2 heterocycles. The Morgan fingerprint density at radius 2 is 2.23 bits per heavy atom. The maximum Gasteiger partial charge on any atom is 0.259 e. The van der Waals surface area contributed by atoms with Crippen molar-refractivity contribution in [3.63, 3.8) is 0 Å². The second-order valence-electron chi connectivity index (χ2n) is 5.02. The number of para-hydroxylation sites is 1. The quantitative estimate of drug-likeness (QED) is 0.853. The van der Waals surface area contributed by atoms with Crippen LogP contribution in [0.4, 0.5) is 10.8 Å². The molecule has 0 unspecified atom stereocenters. The number of nitrogens with two attached hydrogens (primary N) is 1. The van der Waals surface area contributed by atoms with Crippen LogP contribution in [0.25, 0.3) is 5.57 Å². The molecule has 3 rings (SSSR count). The molecule has 0 aliphatic carbocycles. The number of nitrogen functional groups attached to an aromatic ring is 1. The Bertz CT molecular complexity index is 737. The van der Waals surface area contributed by atoms with Gasteiger partial charge in [0.15, 0.2) is 5.13 Å². The number of anilines is 2. The second-order valence-corrected chi connectivity index (χ2v) is 6.22. The van der Waals surface area contributed by atoms with Crippen LogP contribution < -0.4 is 11.1 Å². The van der Waals surface area contributed by atoms with Crippen LogP contribution in [0.3, 0.4) is 0 Å². The number of ether oxygens (including phenoxy) is 1. The van der Waals surface area contributed by atoms with Gasteiger partial charge in [-0.05, 0) is 31.1 Å². The molecule has 1 aromatic heterocycles. The number of benzene rings is 1. The molecule has 0 saturated heterocycles. The van der Waals surface area contributed by atoms with E-state index in [4.69, 9.17) is 10.5 Å². The molecule has 1 amide bonds. The van der Waals surface area contributed by atoms with Crippen LogP contribution in [0.2, 0.25) is 0 Å². The predicted octanol–water partition coefficient (Wildman–Crippen LogP) is 3.09. The van der Waals surface area contributed by atoms with Crippen LogP contribution in [0, 0.1) is 6.92 Å². The van der Waals surface area contributed by atoms with Gasteiger partial charge >= 0.3 is 0 Å². The van der Waals surface area contributed by atoms with Gasteiger partial charge in [-0.25, -0.2) is 4.98 Å². The third-order valence-electron chi connectivity index (χ3n) is 3.49. The van der Waals surface area contributed by atoms with E-state index in [0.29, 0.717) is 29.6 Å². The molecule has 5 nitrogen and oxygen atoms in total. The molecule has 1 aliphatic rings. The number of hydrogen-bond donors (Lipinski definition) is 2. The number of amides is 1. The van der Waals surface area contributed by atoms with Crippen molar-refractivity contribution in [2.75, 3.05) is 24.3 Å². The highest BCUT2D eigenvalue weighted by Crippen LogP contribution is 2.30. The van der Waals surface area contributed by atoms with Gasteiger partial charge in [0.05, 0.1) is 24.5 Å². The summed E-state index contributed by atoms with van der Waals surface area (Å²) in [6.07, 6.45) is 2.90. The third kappa shape index (κ3) is 3.03. The van der Waals surface area contributed by atoms with Gasteiger partial charge in [-0.15, -0.1) is 11.3 Å². The molecule has 1 aromatic carbocycles. The van der Waals surface area contributed by atoms with Crippen molar-refractivity contribution in [1.82, 2.24) is 4.98 Å². The Balaban J connectivity index is 1.80. The van der Waals surface area contributed by atoms with Crippen LogP contribution in [0.5, 0.6) is 0 Å². The number of aromatic nitrogens is 1. The topological polar surface area (TPSA) is 77.2 Å². The number of aryl methyl sites for hydroxylation is 1. The standard InChI is InChI=1S/C16H17N3O2S/c1-10-14(11-6-8-21-9-7-11)18-16(22-10)19-15(20)12-4-2-3-5-13(12)17/h2-6H,7-9,17H2,1H3,(H,18,19,20). The Morgan fingerprint density at radius 1 is 1.41 bits per heavy atom. The fourth-order valence-corrected chi connectivity index (χ4v) is 3.20. The monoisotopic (exact) mass is 315 g/mol. The first-order valence-corrected chi connectivity index (χ1v) is 7.87. The summed E-state index contributed by atoms with van der Waals surface area (Å²) in [5, 5.41) is 3.42. The van der Waals surface area contributed by atoms with E-state index in [2.05, 4.69) is 10.3 Å². The Morgan fingerprint density at radius 3 is 2.95 bits per heavy atom. The molecule has 1 aliphatic heterocycles. The molecule has 3 N–H and O–H groups in total. The number of nitrogens with one attached hydrogen (secondary N) is 1. The molecule has 114 valence electrons. The molecule has 0 spiro atoms. The minimum Gasteiger partial charge on any atom is -0.398 e. The van der Waals surface area contributed by atoms with E-state index < -0.39 is 0 Å². The fourth-order valence-electron chi connectivity index (χ4n) is 2.36. The van der Waals surface area contributed by atoms with E-state index in [0.717, 1.165) is 17.0 Å². The highest BCUT2D eigenvalue weighted by atomic mass is 32.1. The smallest absolute Gasteiger partial charge is 0.259 e. The molecule has 22 heavy (non-hydrogen) atoms. The van der Waals surface area contributed by atoms with Crippen molar-refractivity contribution < 1.29 is 9.53 Å². The highest BCUT2D eigenvalue weighted by Gasteiger charge is 2.16. The molecule has 0 saturated carbocycles. The number of thiazole rings is 1. The van der Waals surface area contributed by atoms with Gasteiger partial charge in [0.25, 0.3) is 5.91 Å². The molecular weight excluding hydrogens is 298 g/mol. The van der Waals surface area contributed by atoms with Gasteiger partial charge in [-0.1, -0.05) is 18.2 Å². The summed E-state index contributed by atoms with van der Waals surface area (Å²) >= 11 is 1.47. The Hall–Kier alpha value is -2.18. The average Bonchev–Trinajstić information content (AvgIpc) is 2.89. The van der Waals surface area contributed by atoms with E-state index in [1.54, 1.807) is 24.3 Å². The second kappa shape index (κ2) is 6.29. The van der Waals surface area contributed by atoms with Crippen LogP contribution in [-0.4, -0.2) is 24.1 Å². The summed E-state index contributed by atoms with van der Waals surface area (Å²) in [4.78, 5) is 17.9. The summed E-state index contributed by atoms with van der Waals surface area (Å²) in [5.74, 6) is -0.237. The zero-order chi connectivity index (χ0) is 15.5. The minimum absolute atomic E-state index is 0.237. The van der Waals surface area contributed by atoms with Crippen molar-refractivity contribution in [3.05, 3.63) is 46.5 Å². The molecular formula is C16H17N3O2S. The van der Waals surface area contributed by atoms with E-state index in [1.807, 2.05) is 13.0 Å². The van der Waals surface area contributed by atoms with Crippen molar-refractivity contribution in [2.24, 2.45) is 0 Å². The number of nitrogens with zero attached hydrogens (tertiary/aromatic N) is 1. The first-order valence-electron chi connectivity index (χ1n) is 7.05. The van der Waals surface area contributed by atoms with Crippen molar-refractivity contribution in [2.45, 2.75) is 13.3 Å². The van der Waals surface area contributed by atoms with Gasteiger partial charge < -0.3 is 10.5 Å². The SMILES string of the molecule is Cc1sc(NC(=O)c2ccccc2N)nc1C1=CCOCC1. The van der Waals surface area contributed by atoms with Crippen molar-refractivity contribution in [1.29, 1.82) is 0 Å². The number of hydrogen-bond acceptors (Lipinski definition) is 5. The minimum atomic E-state index is -0.237. The fraction of sp³-hybridized carbons (Fsp3) is 0.250.